The SMILES string of the molecule is CC.CN(CCO)C(=O)C(F)(F)F. The van der Waals surface area contributed by atoms with Crippen LogP contribution in [0.25, 0.3) is 0 Å². The van der Waals surface area contributed by atoms with Crippen LogP contribution in [0.15, 0.2) is 0 Å². The lowest BCUT2D eigenvalue weighted by Crippen LogP contribution is -2.39. The van der Waals surface area contributed by atoms with E-state index < -0.39 is 18.7 Å². The van der Waals surface area contributed by atoms with E-state index in [1.807, 2.05) is 13.8 Å². The summed E-state index contributed by atoms with van der Waals surface area (Å²) in [7, 11) is 0.978. The second-order valence-corrected chi connectivity index (χ2v) is 1.95. The highest BCUT2D eigenvalue weighted by Gasteiger charge is 2.40. The van der Waals surface area contributed by atoms with Crippen LogP contribution in [0.2, 0.25) is 0 Å². The van der Waals surface area contributed by atoms with Gasteiger partial charge in [-0.15, -0.1) is 0 Å². The van der Waals surface area contributed by atoms with Gasteiger partial charge in [-0.05, 0) is 0 Å². The standard InChI is InChI=1S/C5H8F3NO2.C2H6/c1-9(2-3-10)4(11)5(6,7)8;1-2/h10H,2-3H2,1H3;1-2H3. The summed E-state index contributed by atoms with van der Waals surface area (Å²) in [5.74, 6) is -1.94. The van der Waals surface area contributed by atoms with Crippen LogP contribution in [0.3, 0.4) is 0 Å². The Morgan fingerprint density at radius 2 is 1.77 bits per heavy atom. The molecule has 0 spiro atoms. The zero-order chi connectivity index (χ0) is 11.1. The van der Waals surface area contributed by atoms with Gasteiger partial charge in [0.15, 0.2) is 0 Å². The molecule has 0 fully saturated rings. The molecule has 3 nitrogen and oxygen atoms in total. The Balaban J connectivity index is 0. The Labute approximate surface area is 75.1 Å². The van der Waals surface area contributed by atoms with Crippen LogP contribution in [0, 0.1) is 0 Å². The molecule has 0 aromatic rings. The zero-order valence-electron chi connectivity index (χ0n) is 7.85. The van der Waals surface area contributed by atoms with E-state index in [1.165, 1.54) is 0 Å². The van der Waals surface area contributed by atoms with E-state index in [2.05, 4.69) is 0 Å². The molecule has 0 saturated heterocycles. The third kappa shape index (κ3) is 6.39. The molecular weight excluding hydrogens is 187 g/mol. The minimum atomic E-state index is -4.84. The summed E-state index contributed by atoms with van der Waals surface area (Å²) in [6.07, 6.45) is -4.84. The number of aliphatic hydroxyl groups excluding tert-OH is 1. The number of alkyl halides is 3. The molecule has 13 heavy (non-hydrogen) atoms. The first-order valence-electron chi connectivity index (χ1n) is 3.82. The molecule has 0 saturated carbocycles. The van der Waals surface area contributed by atoms with Gasteiger partial charge in [-0.3, -0.25) is 4.79 Å². The van der Waals surface area contributed by atoms with E-state index >= 15 is 0 Å². The van der Waals surface area contributed by atoms with Gasteiger partial charge in [-0.25, -0.2) is 0 Å². The van der Waals surface area contributed by atoms with Crippen LogP contribution in [0.4, 0.5) is 13.2 Å². The smallest absolute Gasteiger partial charge is 0.395 e. The van der Waals surface area contributed by atoms with Gasteiger partial charge < -0.3 is 10.0 Å². The summed E-state index contributed by atoms with van der Waals surface area (Å²) in [5.41, 5.74) is 0. The van der Waals surface area contributed by atoms with Gasteiger partial charge in [0, 0.05) is 13.6 Å². The number of hydrogen-bond donors (Lipinski definition) is 1. The normalized spacial score (nSPS) is 10.1. The molecule has 0 aliphatic rings. The quantitative estimate of drug-likeness (QED) is 0.724. The summed E-state index contributed by atoms with van der Waals surface area (Å²) in [5, 5.41) is 8.19. The van der Waals surface area contributed by atoms with Crippen molar-refractivity contribution >= 4 is 5.91 Å². The molecule has 0 unspecified atom stereocenters. The molecule has 0 radical (unpaired) electrons. The average Bonchev–Trinajstić information content (AvgIpc) is 2.05. The number of carbonyl (C=O) groups excluding carboxylic acids is 1. The number of hydrogen-bond acceptors (Lipinski definition) is 2. The minimum Gasteiger partial charge on any atom is -0.395 e. The maximum Gasteiger partial charge on any atom is 0.471 e. The summed E-state index contributed by atoms with van der Waals surface area (Å²) < 4.78 is 34.7. The van der Waals surface area contributed by atoms with Crippen molar-refractivity contribution in [3.63, 3.8) is 0 Å². The third-order valence-corrected chi connectivity index (χ3v) is 1.02. The van der Waals surface area contributed by atoms with Crippen molar-refractivity contribution in [3.05, 3.63) is 0 Å². The van der Waals surface area contributed by atoms with Crippen molar-refractivity contribution in [2.75, 3.05) is 20.2 Å². The maximum absolute atomic E-state index is 11.6. The Kier molecular flexibility index (Phi) is 7.60. The second kappa shape index (κ2) is 6.71. The third-order valence-electron chi connectivity index (χ3n) is 1.02. The second-order valence-electron chi connectivity index (χ2n) is 1.95. The number of nitrogens with zero attached hydrogens (tertiary/aromatic N) is 1. The number of aliphatic hydroxyl groups is 1. The first-order chi connectivity index (χ1) is 5.89. The summed E-state index contributed by atoms with van der Waals surface area (Å²) in [6.45, 7) is 3.22. The topological polar surface area (TPSA) is 40.5 Å². The predicted molar refractivity (Wildman–Crippen MR) is 42.1 cm³/mol. The van der Waals surface area contributed by atoms with Crippen LogP contribution in [0.1, 0.15) is 13.8 Å². The Morgan fingerprint density at radius 3 is 2.00 bits per heavy atom. The summed E-state index contributed by atoms with van der Waals surface area (Å²) >= 11 is 0. The molecule has 6 heteroatoms. The molecule has 0 rings (SSSR count). The molecule has 0 bridgehead atoms. The minimum absolute atomic E-state index is 0.307. The summed E-state index contributed by atoms with van der Waals surface area (Å²) in [4.78, 5) is 10.7. The van der Waals surface area contributed by atoms with Gasteiger partial charge in [-0.2, -0.15) is 13.2 Å². The Morgan fingerprint density at radius 1 is 1.38 bits per heavy atom. The number of halogens is 3. The molecule has 0 aromatic carbocycles. The van der Waals surface area contributed by atoms with Gasteiger partial charge in [0.1, 0.15) is 0 Å². The number of amides is 1. The maximum atomic E-state index is 11.6. The molecule has 0 heterocycles. The van der Waals surface area contributed by atoms with Crippen molar-refractivity contribution in [1.29, 1.82) is 0 Å². The summed E-state index contributed by atoms with van der Waals surface area (Å²) in [6, 6.07) is 0. The number of likely N-dealkylation sites (N-methyl/N-ethyl adjacent to an activating group) is 1. The molecule has 1 N–H and O–H groups in total. The van der Waals surface area contributed by atoms with Crippen molar-refractivity contribution in [2.24, 2.45) is 0 Å². The van der Waals surface area contributed by atoms with Gasteiger partial charge >= 0.3 is 12.1 Å². The van der Waals surface area contributed by atoms with Crippen molar-refractivity contribution in [1.82, 2.24) is 4.90 Å². The highest BCUT2D eigenvalue weighted by atomic mass is 19.4. The van der Waals surface area contributed by atoms with Crippen molar-refractivity contribution in [2.45, 2.75) is 20.0 Å². The van der Waals surface area contributed by atoms with E-state index in [0.717, 1.165) is 7.05 Å². The first kappa shape index (κ1) is 14.7. The van der Waals surface area contributed by atoms with Gasteiger partial charge in [0.05, 0.1) is 6.61 Å². The van der Waals surface area contributed by atoms with Crippen molar-refractivity contribution < 1.29 is 23.1 Å². The first-order valence-corrected chi connectivity index (χ1v) is 3.82. The highest BCUT2D eigenvalue weighted by Crippen LogP contribution is 2.16. The lowest BCUT2D eigenvalue weighted by molar-refractivity contribution is -0.184. The van der Waals surface area contributed by atoms with Crippen LogP contribution >= 0.6 is 0 Å². The monoisotopic (exact) mass is 201 g/mol. The predicted octanol–water partition coefficient (Wildman–Crippen LogP) is 1.03. The largest absolute Gasteiger partial charge is 0.471 e. The molecule has 0 atom stereocenters. The molecule has 80 valence electrons. The van der Waals surface area contributed by atoms with Crippen LogP contribution in [0.5, 0.6) is 0 Å². The highest BCUT2D eigenvalue weighted by molar-refractivity contribution is 5.81. The van der Waals surface area contributed by atoms with E-state index in [1.54, 1.807) is 0 Å². The van der Waals surface area contributed by atoms with Crippen LogP contribution in [-0.4, -0.2) is 42.3 Å². The van der Waals surface area contributed by atoms with E-state index in [9.17, 15) is 18.0 Å². The van der Waals surface area contributed by atoms with Gasteiger partial charge in [0.25, 0.3) is 0 Å². The zero-order valence-corrected chi connectivity index (χ0v) is 7.85. The molecular formula is C7H14F3NO2. The Hall–Kier alpha value is -0.780. The number of carbonyl (C=O) groups is 1. The van der Waals surface area contributed by atoms with E-state index in [-0.39, 0.29) is 6.54 Å². The molecule has 0 aliphatic heterocycles. The van der Waals surface area contributed by atoms with Gasteiger partial charge in [0.2, 0.25) is 0 Å². The van der Waals surface area contributed by atoms with Crippen molar-refractivity contribution in [3.8, 4) is 0 Å². The van der Waals surface area contributed by atoms with Crippen LogP contribution < -0.4 is 0 Å². The Bertz CT molecular complexity index is 147. The fourth-order valence-electron chi connectivity index (χ4n) is 0.468. The fraction of sp³-hybridized carbons (Fsp3) is 0.857. The van der Waals surface area contributed by atoms with Crippen LogP contribution in [-0.2, 0) is 4.79 Å². The number of rotatable bonds is 2. The van der Waals surface area contributed by atoms with Gasteiger partial charge in [-0.1, -0.05) is 13.8 Å². The van der Waals surface area contributed by atoms with E-state index in [0.29, 0.717) is 4.90 Å². The lowest BCUT2D eigenvalue weighted by atomic mass is 10.5. The molecule has 0 aliphatic carbocycles. The molecule has 0 aromatic heterocycles. The van der Waals surface area contributed by atoms with E-state index in [4.69, 9.17) is 5.11 Å². The average molecular weight is 201 g/mol. The molecule has 1 amide bonds. The lowest BCUT2D eigenvalue weighted by Gasteiger charge is -2.16. The fourth-order valence-corrected chi connectivity index (χ4v) is 0.468.